The molecule has 2 aromatic rings. The van der Waals surface area contributed by atoms with E-state index in [0.717, 1.165) is 11.5 Å². The van der Waals surface area contributed by atoms with Crippen molar-refractivity contribution in [3.63, 3.8) is 0 Å². The molecule has 1 fully saturated rings. The van der Waals surface area contributed by atoms with Gasteiger partial charge in [-0.15, -0.1) is 0 Å². The van der Waals surface area contributed by atoms with E-state index >= 15 is 0 Å². The van der Waals surface area contributed by atoms with Gasteiger partial charge < -0.3 is 9.63 Å². The highest BCUT2D eigenvalue weighted by molar-refractivity contribution is 7.99. The minimum atomic E-state index is -0.363. The number of aliphatic hydroxyl groups is 1. The van der Waals surface area contributed by atoms with Crippen LogP contribution in [0.3, 0.4) is 0 Å². The van der Waals surface area contributed by atoms with E-state index in [-0.39, 0.29) is 12.0 Å². The number of hydrogen-bond acceptors (Lipinski definition) is 5. The molecule has 4 nitrogen and oxygen atoms in total. The van der Waals surface area contributed by atoms with Gasteiger partial charge in [0.25, 0.3) is 0 Å². The maximum absolute atomic E-state index is 9.82. The quantitative estimate of drug-likeness (QED) is 0.931. The highest BCUT2D eigenvalue weighted by Gasteiger charge is 2.31. The van der Waals surface area contributed by atoms with Crippen molar-refractivity contribution in [2.45, 2.75) is 25.4 Å². The first kappa shape index (κ1) is 12.7. The molecule has 0 radical (unpaired) electrons. The largest absolute Gasteiger partial charge is 0.391 e. The molecular weight excluding hydrogens is 260 g/mol. The molecule has 2 heterocycles. The highest BCUT2D eigenvalue weighted by atomic mass is 32.2. The summed E-state index contributed by atoms with van der Waals surface area (Å²) in [5.41, 5.74) is 2.41. The molecule has 1 aromatic carbocycles. The van der Waals surface area contributed by atoms with Crippen molar-refractivity contribution in [1.29, 1.82) is 0 Å². The summed E-state index contributed by atoms with van der Waals surface area (Å²) in [5.74, 6) is 2.85. The van der Waals surface area contributed by atoms with Gasteiger partial charge in [-0.3, -0.25) is 0 Å². The van der Waals surface area contributed by atoms with E-state index < -0.39 is 0 Å². The van der Waals surface area contributed by atoms with E-state index in [1.807, 2.05) is 0 Å². The first-order chi connectivity index (χ1) is 9.22. The van der Waals surface area contributed by atoms with Crippen molar-refractivity contribution >= 4 is 11.8 Å². The Morgan fingerprint density at radius 2 is 2.11 bits per heavy atom. The number of aryl methyl sites for hydroxylation is 1. The molecule has 2 unspecified atom stereocenters. The van der Waals surface area contributed by atoms with Gasteiger partial charge >= 0.3 is 0 Å². The van der Waals surface area contributed by atoms with Crippen LogP contribution in [0, 0.1) is 6.92 Å². The van der Waals surface area contributed by atoms with Crippen molar-refractivity contribution in [3.8, 4) is 0 Å². The topological polar surface area (TPSA) is 59.2 Å². The van der Waals surface area contributed by atoms with Crippen LogP contribution in [-0.4, -0.2) is 32.9 Å². The van der Waals surface area contributed by atoms with Crippen molar-refractivity contribution in [1.82, 2.24) is 10.1 Å². The van der Waals surface area contributed by atoms with E-state index in [4.69, 9.17) is 4.52 Å². The van der Waals surface area contributed by atoms with Crippen molar-refractivity contribution in [2.75, 3.05) is 11.5 Å². The fourth-order valence-corrected chi connectivity index (χ4v) is 3.39. The molecule has 100 valence electrons. The molecular formula is C14H16N2O2S. The Hall–Kier alpha value is -1.33. The Balaban J connectivity index is 1.72. The van der Waals surface area contributed by atoms with Gasteiger partial charge in [-0.1, -0.05) is 35.0 Å². The van der Waals surface area contributed by atoms with Crippen LogP contribution in [0.5, 0.6) is 0 Å². The van der Waals surface area contributed by atoms with Crippen LogP contribution in [0.25, 0.3) is 0 Å². The third kappa shape index (κ3) is 2.82. The number of aliphatic hydroxyl groups excluding tert-OH is 1. The molecule has 2 atom stereocenters. The lowest BCUT2D eigenvalue weighted by molar-refractivity contribution is 0.164. The number of rotatable bonds is 3. The van der Waals surface area contributed by atoms with Gasteiger partial charge in [-0.2, -0.15) is 16.7 Å². The van der Waals surface area contributed by atoms with Gasteiger partial charge in [0.2, 0.25) is 5.89 Å². The lowest BCUT2D eigenvalue weighted by atomic mass is 10.1. The van der Waals surface area contributed by atoms with Gasteiger partial charge in [-0.25, -0.2) is 0 Å². The fraction of sp³-hybridized carbons (Fsp3) is 0.429. The zero-order chi connectivity index (χ0) is 13.2. The minimum Gasteiger partial charge on any atom is -0.391 e. The van der Waals surface area contributed by atoms with Gasteiger partial charge in [0.05, 0.1) is 12.0 Å². The van der Waals surface area contributed by atoms with E-state index in [1.54, 1.807) is 11.8 Å². The number of nitrogens with zero attached hydrogens (tertiary/aromatic N) is 2. The standard InChI is InChI=1S/C14H16N2O2S/c1-9-2-4-10(5-3-9)6-13-15-14(18-16-13)11-7-19-8-12(11)17/h2-5,11-12,17H,6-8H2,1H3. The van der Waals surface area contributed by atoms with Crippen LogP contribution in [0.4, 0.5) is 0 Å². The summed E-state index contributed by atoms with van der Waals surface area (Å²) in [6.07, 6.45) is 0.303. The van der Waals surface area contributed by atoms with E-state index in [2.05, 4.69) is 41.3 Å². The average Bonchev–Trinajstić information content (AvgIpc) is 3.01. The lowest BCUT2D eigenvalue weighted by Crippen LogP contribution is -2.15. The Kier molecular flexibility index (Phi) is 3.57. The number of benzene rings is 1. The second-order valence-electron chi connectivity index (χ2n) is 4.92. The first-order valence-corrected chi connectivity index (χ1v) is 7.51. The summed E-state index contributed by atoms with van der Waals surface area (Å²) in [6, 6.07) is 8.30. The van der Waals surface area contributed by atoms with E-state index in [0.29, 0.717) is 18.1 Å². The molecule has 0 saturated carbocycles. The number of aromatic nitrogens is 2. The van der Waals surface area contributed by atoms with Crippen LogP contribution < -0.4 is 0 Å². The van der Waals surface area contributed by atoms with Crippen molar-refractivity contribution in [3.05, 3.63) is 47.1 Å². The van der Waals surface area contributed by atoms with Gasteiger partial charge in [-0.05, 0) is 12.5 Å². The molecule has 0 bridgehead atoms. The third-order valence-electron chi connectivity index (χ3n) is 3.33. The molecule has 0 aliphatic carbocycles. The van der Waals surface area contributed by atoms with Crippen molar-refractivity contribution < 1.29 is 9.63 Å². The predicted molar refractivity (Wildman–Crippen MR) is 74.4 cm³/mol. The fourth-order valence-electron chi connectivity index (χ4n) is 2.16. The van der Waals surface area contributed by atoms with Crippen molar-refractivity contribution in [2.24, 2.45) is 0 Å². The summed E-state index contributed by atoms with van der Waals surface area (Å²) in [7, 11) is 0. The molecule has 0 spiro atoms. The summed E-state index contributed by atoms with van der Waals surface area (Å²) in [6.45, 7) is 2.06. The summed E-state index contributed by atoms with van der Waals surface area (Å²) in [5, 5.41) is 13.8. The van der Waals surface area contributed by atoms with Gasteiger partial charge in [0, 0.05) is 17.9 Å². The zero-order valence-corrected chi connectivity index (χ0v) is 11.6. The Morgan fingerprint density at radius 1 is 1.32 bits per heavy atom. The molecule has 1 aliphatic heterocycles. The third-order valence-corrected chi connectivity index (χ3v) is 4.51. The number of thioether (sulfide) groups is 1. The molecule has 1 aliphatic rings. The Morgan fingerprint density at radius 3 is 2.79 bits per heavy atom. The second kappa shape index (κ2) is 5.35. The predicted octanol–water partition coefficient (Wildman–Crippen LogP) is 2.16. The molecule has 3 rings (SSSR count). The number of hydrogen-bond donors (Lipinski definition) is 1. The lowest BCUT2D eigenvalue weighted by Gasteiger charge is -2.06. The van der Waals surface area contributed by atoms with Crippen LogP contribution in [0.15, 0.2) is 28.8 Å². The maximum Gasteiger partial charge on any atom is 0.233 e. The van der Waals surface area contributed by atoms with E-state index in [1.165, 1.54) is 11.1 Å². The van der Waals surface area contributed by atoms with Crippen LogP contribution in [0.1, 0.15) is 28.8 Å². The molecule has 0 amide bonds. The summed E-state index contributed by atoms with van der Waals surface area (Å²) < 4.78 is 5.28. The van der Waals surface area contributed by atoms with Gasteiger partial charge in [0.1, 0.15) is 0 Å². The Bertz CT molecular complexity index is 553. The van der Waals surface area contributed by atoms with Crippen LogP contribution in [-0.2, 0) is 6.42 Å². The summed E-state index contributed by atoms with van der Waals surface area (Å²) >= 11 is 1.72. The SMILES string of the molecule is Cc1ccc(Cc2noc(C3CSCC3O)n2)cc1. The van der Waals surface area contributed by atoms with Crippen LogP contribution in [0.2, 0.25) is 0 Å². The van der Waals surface area contributed by atoms with Crippen LogP contribution >= 0.6 is 11.8 Å². The molecule has 19 heavy (non-hydrogen) atoms. The smallest absolute Gasteiger partial charge is 0.233 e. The second-order valence-corrected chi connectivity index (χ2v) is 6.00. The highest BCUT2D eigenvalue weighted by Crippen LogP contribution is 2.31. The summed E-state index contributed by atoms with van der Waals surface area (Å²) in [4.78, 5) is 4.41. The molecule has 5 heteroatoms. The average molecular weight is 276 g/mol. The zero-order valence-electron chi connectivity index (χ0n) is 10.7. The molecule has 1 saturated heterocycles. The normalized spacial score (nSPS) is 22.8. The Labute approximate surface area is 116 Å². The van der Waals surface area contributed by atoms with Gasteiger partial charge in [0.15, 0.2) is 5.82 Å². The first-order valence-electron chi connectivity index (χ1n) is 6.36. The molecule has 1 aromatic heterocycles. The monoisotopic (exact) mass is 276 g/mol. The maximum atomic E-state index is 9.82. The molecule has 1 N–H and O–H groups in total. The minimum absolute atomic E-state index is 0.00994. The van der Waals surface area contributed by atoms with E-state index in [9.17, 15) is 5.11 Å².